The fraction of sp³-hybridized carbons (Fsp3) is 0.273. The zero-order valence-corrected chi connectivity index (χ0v) is 16.7. The average Bonchev–Trinajstić information content (AvgIpc) is 2.73. The standard InChI is InChI=1S/C22H24ClN5/c1-17-19(23)8-5-9-20(17)26-21-14-22(25-16-24-21)28-12-10-27(11-13-28)15-18-6-3-2-4-7-18/h2-9,14,16H,10-13,15H2,1H3,(H,24,25,26). The van der Waals surface area contributed by atoms with E-state index in [1.54, 1.807) is 6.33 Å². The molecule has 0 atom stereocenters. The van der Waals surface area contributed by atoms with Gasteiger partial charge in [0.1, 0.15) is 18.0 Å². The fourth-order valence-corrected chi connectivity index (χ4v) is 3.62. The van der Waals surface area contributed by atoms with E-state index < -0.39 is 0 Å². The van der Waals surface area contributed by atoms with Crippen LogP contribution in [0.5, 0.6) is 0 Å². The molecule has 4 rings (SSSR count). The van der Waals surface area contributed by atoms with Gasteiger partial charge in [-0.1, -0.05) is 48.0 Å². The number of hydrogen-bond donors (Lipinski definition) is 1. The van der Waals surface area contributed by atoms with Crippen LogP contribution >= 0.6 is 11.6 Å². The van der Waals surface area contributed by atoms with Gasteiger partial charge >= 0.3 is 0 Å². The first kappa shape index (κ1) is 18.7. The highest BCUT2D eigenvalue weighted by Gasteiger charge is 2.18. The zero-order valence-electron chi connectivity index (χ0n) is 16.0. The summed E-state index contributed by atoms with van der Waals surface area (Å²) in [6.45, 7) is 6.96. The molecule has 28 heavy (non-hydrogen) atoms. The number of piperazine rings is 1. The normalized spacial score (nSPS) is 14.9. The highest BCUT2D eigenvalue weighted by Crippen LogP contribution is 2.26. The smallest absolute Gasteiger partial charge is 0.135 e. The van der Waals surface area contributed by atoms with Gasteiger partial charge in [0.05, 0.1) is 0 Å². The van der Waals surface area contributed by atoms with Crippen molar-refractivity contribution in [1.82, 2.24) is 14.9 Å². The average molecular weight is 394 g/mol. The summed E-state index contributed by atoms with van der Waals surface area (Å²) >= 11 is 6.22. The van der Waals surface area contributed by atoms with E-state index in [9.17, 15) is 0 Å². The lowest BCUT2D eigenvalue weighted by atomic mass is 10.2. The Balaban J connectivity index is 1.39. The van der Waals surface area contributed by atoms with Crippen molar-refractivity contribution in [3.8, 4) is 0 Å². The van der Waals surface area contributed by atoms with Crippen LogP contribution in [0.15, 0.2) is 60.9 Å². The highest BCUT2D eigenvalue weighted by atomic mass is 35.5. The number of rotatable bonds is 5. The van der Waals surface area contributed by atoms with E-state index >= 15 is 0 Å². The van der Waals surface area contributed by atoms with Gasteiger partial charge in [0, 0.05) is 49.5 Å². The number of benzene rings is 2. The van der Waals surface area contributed by atoms with E-state index in [0.717, 1.165) is 60.6 Å². The molecular formula is C22H24ClN5. The number of nitrogens with one attached hydrogen (secondary N) is 1. The second kappa shape index (κ2) is 8.59. The summed E-state index contributed by atoms with van der Waals surface area (Å²) in [6.07, 6.45) is 1.62. The van der Waals surface area contributed by atoms with Crippen molar-refractivity contribution in [3.63, 3.8) is 0 Å². The number of hydrogen-bond acceptors (Lipinski definition) is 5. The molecule has 0 bridgehead atoms. The minimum atomic E-state index is 0.744. The summed E-state index contributed by atoms with van der Waals surface area (Å²) in [5.74, 6) is 1.73. The van der Waals surface area contributed by atoms with E-state index in [-0.39, 0.29) is 0 Å². The summed E-state index contributed by atoms with van der Waals surface area (Å²) in [5, 5.41) is 4.11. The molecule has 5 nitrogen and oxygen atoms in total. The lowest BCUT2D eigenvalue weighted by molar-refractivity contribution is 0.249. The molecule has 1 aromatic heterocycles. The summed E-state index contributed by atoms with van der Waals surface area (Å²) in [5.41, 5.74) is 3.34. The molecule has 1 aliphatic heterocycles. The van der Waals surface area contributed by atoms with Crippen molar-refractivity contribution < 1.29 is 0 Å². The van der Waals surface area contributed by atoms with Gasteiger partial charge in [-0.05, 0) is 30.2 Å². The molecule has 1 N–H and O–H groups in total. The van der Waals surface area contributed by atoms with Crippen molar-refractivity contribution in [3.05, 3.63) is 77.1 Å². The first-order valence-corrected chi connectivity index (χ1v) is 9.92. The summed E-state index contributed by atoms with van der Waals surface area (Å²) < 4.78 is 0. The van der Waals surface area contributed by atoms with Crippen molar-refractivity contribution >= 4 is 28.9 Å². The van der Waals surface area contributed by atoms with Gasteiger partial charge in [0.2, 0.25) is 0 Å². The number of nitrogens with zero attached hydrogens (tertiary/aromatic N) is 4. The van der Waals surface area contributed by atoms with Gasteiger partial charge in [-0.2, -0.15) is 0 Å². The molecule has 0 amide bonds. The zero-order chi connectivity index (χ0) is 19.3. The molecule has 0 unspecified atom stereocenters. The van der Waals surface area contributed by atoms with E-state index in [0.29, 0.717) is 0 Å². The third-order valence-electron chi connectivity index (χ3n) is 5.13. The number of aromatic nitrogens is 2. The van der Waals surface area contributed by atoms with Gasteiger partial charge in [0.15, 0.2) is 0 Å². The van der Waals surface area contributed by atoms with Gasteiger partial charge in [0.25, 0.3) is 0 Å². The quantitative estimate of drug-likeness (QED) is 0.691. The van der Waals surface area contributed by atoms with Crippen molar-refractivity contribution in [2.45, 2.75) is 13.5 Å². The van der Waals surface area contributed by atoms with Crippen LogP contribution < -0.4 is 10.2 Å². The van der Waals surface area contributed by atoms with Crippen LogP contribution in [0.3, 0.4) is 0 Å². The Morgan fingerprint density at radius 2 is 1.75 bits per heavy atom. The Hall–Kier alpha value is -2.63. The maximum atomic E-state index is 6.22. The van der Waals surface area contributed by atoms with E-state index in [2.05, 4.69) is 55.4 Å². The highest BCUT2D eigenvalue weighted by molar-refractivity contribution is 6.31. The van der Waals surface area contributed by atoms with Crippen LogP contribution in [0.1, 0.15) is 11.1 Å². The predicted octanol–water partition coefficient (Wildman–Crippen LogP) is 4.50. The molecule has 2 aromatic carbocycles. The molecule has 6 heteroatoms. The second-order valence-electron chi connectivity index (χ2n) is 7.05. The molecule has 0 aliphatic carbocycles. The molecule has 1 fully saturated rings. The molecule has 144 valence electrons. The monoisotopic (exact) mass is 393 g/mol. The molecule has 1 aliphatic rings. The van der Waals surface area contributed by atoms with Crippen molar-refractivity contribution in [1.29, 1.82) is 0 Å². The van der Waals surface area contributed by atoms with E-state index in [1.807, 2.05) is 31.2 Å². The van der Waals surface area contributed by atoms with Crippen LogP contribution in [-0.2, 0) is 6.54 Å². The van der Waals surface area contributed by atoms with E-state index in [4.69, 9.17) is 11.6 Å². The molecule has 2 heterocycles. The maximum Gasteiger partial charge on any atom is 0.135 e. The van der Waals surface area contributed by atoms with Crippen molar-refractivity contribution in [2.24, 2.45) is 0 Å². The molecule has 3 aromatic rings. The van der Waals surface area contributed by atoms with Crippen LogP contribution in [0.4, 0.5) is 17.3 Å². The van der Waals surface area contributed by atoms with Crippen LogP contribution in [0, 0.1) is 6.92 Å². The van der Waals surface area contributed by atoms with Crippen LogP contribution in [0.25, 0.3) is 0 Å². The van der Waals surface area contributed by atoms with Gasteiger partial charge in [-0.25, -0.2) is 9.97 Å². The molecule has 0 saturated carbocycles. The summed E-state index contributed by atoms with van der Waals surface area (Å²) in [4.78, 5) is 13.7. The first-order chi connectivity index (χ1) is 13.7. The van der Waals surface area contributed by atoms with Crippen LogP contribution in [-0.4, -0.2) is 41.0 Å². The Kier molecular flexibility index (Phi) is 5.74. The Morgan fingerprint density at radius 1 is 0.964 bits per heavy atom. The topological polar surface area (TPSA) is 44.3 Å². The lowest BCUT2D eigenvalue weighted by Gasteiger charge is -2.35. The second-order valence-corrected chi connectivity index (χ2v) is 7.45. The third-order valence-corrected chi connectivity index (χ3v) is 5.54. The van der Waals surface area contributed by atoms with Crippen LogP contribution in [0.2, 0.25) is 5.02 Å². The SMILES string of the molecule is Cc1c(Cl)cccc1Nc1cc(N2CCN(Cc3ccccc3)CC2)ncn1. The largest absolute Gasteiger partial charge is 0.354 e. The lowest BCUT2D eigenvalue weighted by Crippen LogP contribution is -2.46. The third kappa shape index (κ3) is 4.43. The Morgan fingerprint density at radius 3 is 2.54 bits per heavy atom. The van der Waals surface area contributed by atoms with Gasteiger partial charge in [-0.3, -0.25) is 4.90 Å². The molecule has 0 spiro atoms. The maximum absolute atomic E-state index is 6.22. The number of anilines is 3. The Bertz CT molecular complexity index is 923. The van der Waals surface area contributed by atoms with Crippen molar-refractivity contribution in [2.75, 3.05) is 36.4 Å². The predicted molar refractivity (Wildman–Crippen MR) is 115 cm³/mol. The minimum Gasteiger partial charge on any atom is -0.354 e. The number of halogens is 1. The van der Waals surface area contributed by atoms with Gasteiger partial charge in [-0.15, -0.1) is 0 Å². The van der Waals surface area contributed by atoms with Gasteiger partial charge < -0.3 is 10.2 Å². The summed E-state index contributed by atoms with van der Waals surface area (Å²) in [7, 11) is 0. The molecular weight excluding hydrogens is 370 g/mol. The minimum absolute atomic E-state index is 0.744. The van der Waals surface area contributed by atoms with E-state index in [1.165, 1.54) is 5.56 Å². The summed E-state index contributed by atoms with van der Waals surface area (Å²) in [6, 6.07) is 18.5. The Labute approximate surface area is 171 Å². The fourth-order valence-electron chi connectivity index (χ4n) is 3.45. The molecule has 1 saturated heterocycles. The first-order valence-electron chi connectivity index (χ1n) is 9.54. The molecule has 0 radical (unpaired) electrons.